The highest BCUT2D eigenvalue weighted by molar-refractivity contribution is 5.92. The maximum Gasteiger partial charge on any atom is 0.274 e. The smallest absolute Gasteiger partial charge is 0.274 e. The first-order chi connectivity index (χ1) is 8.70. The third-order valence-corrected chi connectivity index (χ3v) is 2.95. The van der Waals surface area contributed by atoms with Crippen molar-refractivity contribution in [3.05, 3.63) is 40.8 Å². The number of carbonyl (C=O) groups excluding carboxylic acids is 1. The Balaban J connectivity index is 1.97. The number of aromatic nitrogens is 2. The Bertz CT molecular complexity index is 469. The molecule has 0 saturated carbocycles. The Morgan fingerprint density at radius 3 is 2.67 bits per heavy atom. The number of hydrogen-bond donors (Lipinski definition) is 1. The third-order valence-electron chi connectivity index (χ3n) is 2.95. The standard InChI is InChI=1S/C12H16N4O2/c1-2-5-15-6-8-16(9-7-15)12(18)10-3-4-11(17)14-13-10/h2-4H,1,5-9H2,(H,14,17). The van der Waals surface area contributed by atoms with E-state index in [-0.39, 0.29) is 17.2 Å². The molecule has 2 heterocycles. The second-order valence-electron chi connectivity index (χ2n) is 4.19. The number of carbonyl (C=O) groups is 1. The van der Waals surface area contributed by atoms with Gasteiger partial charge in [-0.1, -0.05) is 6.08 Å². The molecule has 6 nitrogen and oxygen atoms in total. The molecule has 6 heteroatoms. The molecule has 1 aromatic heterocycles. The van der Waals surface area contributed by atoms with Gasteiger partial charge in [-0.05, 0) is 6.07 Å². The first kappa shape index (κ1) is 12.5. The van der Waals surface area contributed by atoms with E-state index in [0.717, 1.165) is 19.6 Å². The molecule has 0 aromatic carbocycles. The van der Waals surface area contributed by atoms with Crippen LogP contribution in [-0.4, -0.2) is 58.6 Å². The van der Waals surface area contributed by atoms with Crippen LogP contribution in [0.25, 0.3) is 0 Å². The van der Waals surface area contributed by atoms with Gasteiger partial charge in [0, 0.05) is 38.8 Å². The molecule has 0 atom stereocenters. The SMILES string of the molecule is C=CCN1CCN(C(=O)c2ccc(=O)[nH]n2)CC1. The molecule has 1 N–H and O–H groups in total. The van der Waals surface area contributed by atoms with Crippen molar-refractivity contribution in [2.75, 3.05) is 32.7 Å². The lowest BCUT2D eigenvalue weighted by Crippen LogP contribution is -2.48. The van der Waals surface area contributed by atoms with Crippen LogP contribution in [0.15, 0.2) is 29.6 Å². The second kappa shape index (κ2) is 5.59. The van der Waals surface area contributed by atoms with E-state index in [4.69, 9.17) is 0 Å². The van der Waals surface area contributed by atoms with E-state index >= 15 is 0 Å². The van der Waals surface area contributed by atoms with Crippen LogP contribution in [0.1, 0.15) is 10.5 Å². The zero-order chi connectivity index (χ0) is 13.0. The van der Waals surface area contributed by atoms with Crippen molar-refractivity contribution < 1.29 is 4.79 Å². The molecule has 1 aliphatic heterocycles. The summed E-state index contributed by atoms with van der Waals surface area (Å²) in [4.78, 5) is 26.9. The van der Waals surface area contributed by atoms with Crippen LogP contribution in [0.2, 0.25) is 0 Å². The number of H-pyrrole nitrogens is 1. The molecule has 0 spiro atoms. The molecule has 1 aromatic rings. The molecule has 1 saturated heterocycles. The molecule has 0 aliphatic carbocycles. The van der Waals surface area contributed by atoms with Crippen molar-refractivity contribution in [2.45, 2.75) is 0 Å². The van der Waals surface area contributed by atoms with Crippen LogP contribution in [-0.2, 0) is 0 Å². The van der Waals surface area contributed by atoms with Crippen molar-refractivity contribution >= 4 is 5.91 Å². The molecule has 1 amide bonds. The van der Waals surface area contributed by atoms with Crippen molar-refractivity contribution in [1.29, 1.82) is 0 Å². The van der Waals surface area contributed by atoms with E-state index in [1.165, 1.54) is 12.1 Å². The summed E-state index contributed by atoms with van der Waals surface area (Å²) in [5, 5.41) is 6.02. The van der Waals surface area contributed by atoms with Crippen molar-refractivity contribution in [2.24, 2.45) is 0 Å². The summed E-state index contributed by atoms with van der Waals surface area (Å²) in [5.74, 6) is -0.135. The average molecular weight is 248 g/mol. The van der Waals surface area contributed by atoms with E-state index < -0.39 is 0 Å². The predicted molar refractivity (Wildman–Crippen MR) is 67.4 cm³/mol. The molecule has 2 rings (SSSR count). The minimum absolute atomic E-state index is 0.135. The maximum atomic E-state index is 12.1. The highest BCUT2D eigenvalue weighted by Crippen LogP contribution is 2.05. The van der Waals surface area contributed by atoms with Gasteiger partial charge in [0.05, 0.1) is 0 Å². The minimum atomic E-state index is -0.303. The summed E-state index contributed by atoms with van der Waals surface area (Å²) in [5.41, 5.74) is -0.0193. The number of amides is 1. The van der Waals surface area contributed by atoms with Crippen LogP contribution >= 0.6 is 0 Å². The molecule has 18 heavy (non-hydrogen) atoms. The summed E-state index contributed by atoms with van der Waals surface area (Å²) in [6.07, 6.45) is 1.86. The molecule has 1 fully saturated rings. The van der Waals surface area contributed by atoms with Crippen LogP contribution in [0.5, 0.6) is 0 Å². The molecule has 0 bridgehead atoms. The topological polar surface area (TPSA) is 69.3 Å². The lowest BCUT2D eigenvalue weighted by Gasteiger charge is -2.33. The molecule has 96 valence electrons. The minimum Gasteiger partial charge on any atom is -0.335 e. The number of rotatable bonds is 3. The zero-order valence-corrected chi connectivity index (χ0v) is 10.1. The quantitative estimate of drug-likeness (QED) is 0.747. The monoisotopic (exact) mass is 248 g/mol. The van der Waals surface area contributed by atoms with E-state index in [2.05, 4.69) is 21.7 Å². The fourth-order valence-electron chi connectivity index (χ4n) is 1.94. The number of nitrogens with zero attached hydrogens (tertiary/aromatic N) is 3. The van der Waals surface area contributed by atoms with Crippen LogP contribution in [0, 0.1) is 0 Å². The first-order valence-electron chi connectivity index (χ1n) is 5.89. The normalized spacial score (nSPS) is 16.6. The van der Waals surface area contributed by atoms with Gasteiger partial charge in [-0.3, -0.25) is 14.5 Å². The zero-order valence-electron chi connectivity index (χ0n) is 10.1. The van der Waals surface area contributed by atoms with Gasteiger partial charge in [-0.15, -0.1) is 6.58 Å². The summed E-state index contributed by atoms with van der Waals surface area (Å²) < 4.78 is 0. The van der Waals surface area contributed by atoms with Gasteiger partial charge in [0.25, 0.3) is 11.5 Å². The van der Waals surface area contributed by atoms with Gasteiger partial charge < -0.3 is 4.90 Å². The first-order valence-corrected chi connectivity index (χ1v) is 5.89. The lowest BCUT2D eigenvalue weighted by atomic mass is 10.2. The van der Waals surface area contributed by atoms with E-state index in [9.17, 15) is 9.59 Å². The Morgan fingerprint density at radius 2 is 2.11 bits per heavy atom. The molecular weight excluding hydrogens is 232 g/mol. The van der Waals surface area contributed by atoms with Gasteiger partial charge in [0.15, 0.2) is 0 Å². The van der Waals surface area contributed by atoms with Crippen LogP contribution in [0.4, 0.5) is 0 Å². The number of hydrogen-bond acceptors (Lipinski definition) is 4. The van der Waals surface area contributed by atoms with Crippen molar-refractivity contribution in [1.82, 2.24) is 20.0 Å². The van der Waals surface area contributed by atoms with Crippen LogP contribution in [0.3, 0.4) is 0 Å². The van der Waals surface area contributed by atoms with Gasteiger partial charge in [0.1, 0.15) is 5.69 Å². The fraction of sp³-hybridized carbons (Fsp3) is 0.417. The predicted octanol–water partition coefficient (Wildman–Crippen LogP) is -0.286. The molecule has 1 aliphatic rings. The number of piperazine rings is 1. The second-order valence-corrected chi connectivity index (χ2v) is 4.19. The van der Waals surface area contributed by atoms with Crippen molar-refractivity contribution in [3.8, 4) is 0 Å². The largest absolute Gasteiger partial charge is 0.335 e. The highest BCUT2D eigenvalue weighted by atomic mass is 16.2. The van der Waals surface area contributed by atoms with Gasteiger partial charge in [0.2, 0.25) is 0 Å². The van der Waals surface area contributed by atoms with Crippen LogP contribution < -0.4 is 5.56 Å². The van der Waals surface area contributed by atoms with Gasteiger partial charge in [-0.25, -0.2) is 5.10 Å². The fourth-order valence-corrected chi connectivity index (χ4v) is 1.94. The van der Waals surface area contributed by atoms with Gasteiger partial charge >= 0.3 is 0 Å². The Labute approximate surface area is 105 Å². The summed E-state index contributed by atoms with van der Waals surface area (Å²) in [7, 11) is 0. The number of nitrogens with one attached hydrogen (secondary N) is 1. The molecule has 0 unspecified atom stereocenters. The molecular formula is C12H16N4O2. The van der Waals surface area contributed by atoms with Gasteiger partial charge in [-0.2, -0.15) is 5.10 Å². The summed E-state index contributed by atoms with van der Waals surface area (Å²) in [6.45, 7) is 7.56. The average Bonchev–Trinajstić information content (AvgIpc) is 2.40. The van der Waals surface area contributed by atoms with Crippen molar-refractivity contribution in [3.63, 3.8) is 0 Å². The molecule has 0 radical (unpaired) electrons. The Hall–Kier alpha value is -1.95. The Morgan fingerprint density at radius 1 is 1.39 bits per heavy atom. The summed E-state index contributed by atoms with van der Waals surface area (Å²) in [6, 6.07) is 2.77. The highest BCUT2D eigenvalue weighted by Gasteiger charge is 2.22. The Kier molecular flexibility index (Phi) is 3.88. The summed E-state index contributed by atoms with van der Waals surface area (Å²) >= 11 is 0. The van der Waals surface area contributed by atoms with E-state index in [1.807, 2.05) is 6.08 Å². The maximum absolute atomic E-state index is 12.1. The third kappa shape index (κ3) is 2.84. The van der Waals surface area contributed by atoms with E-state index in [0.29, 0.717) is 13.1 Å². The lowest BCUT2D eigenvalue weighted by molar-refractivity contribution is 0.0643. The van der Waals surface area contributed by atoms with E-state index in [1.54, 1.807) is 4.90 Å². The number of aromatic amines is 1.